The van der Waals surface area contributed by atoms with Gasteiger partial charge in [-0.1, -0.05) is 6.08 Å². The lowest BCUT2D eigenvalue weighted by Crippen LogP contribution is -2.52. The third kappa shape index (κ3) is 3.36. The maximum Gasteiger partial charge on any atom is 0.334 e. The molecule has 1 saturated heterocycles. The van der Waals surface area contributed by atoms with Crippen molar-refractivity contribution >= 4 is 11.9 Å². The Morgan fingerprint density at radius 1 is 1.50 bits per heavy atom. The summed E-state index contributed by atoms with van der Waals surface area (Å²) in [6, 6.07) is -1.16. The lowest BCUT2D eigenvalue weighted by atomic mass is 10.1. The molecule has 2 aliphatic rings. The van der Waals surface area contributed by atoms with Crippen molar-refractivity contribution in [1.29, 1.82) is 0 Å². The van der Waals surface area contributed by atoms with Crippen LogP contribution in [0.5, 0.6) is 0 Å². The van der Waals surface area contributed by atoms with Crippen LogP contribution >= 0.6 is 0 Å². The zero-order valence-electron chi connectivity index (χ0n) is 11.4. The molecule has 1 aliphatic heterocycles. The molecule has 0 aromatic heterocycles. The number of carboxylic acids is 1. The van der Waals surface area contributed by atoms with Crippen LogP contribution in [-0.4, -0.2) is 48.1 Å². The van der Waals surface area contributed by atoms with E-state index in [0.717, 1.165) is 12.8 Å². The molecule has 1 amide bonds. The topological polar surface area (TPSA) is 111 Å². The molecular weight excluding hydrogens is 264 g/mol. The van der Waals surface area contributed by atoms with Gasteiger partial charge in [0.15, 0.2) is 6.29 Å². The van der Waals surface area contributed by atoms with Crippen molar-refractivity contribution in [3.8, 4) is 0 Å². The lowest BCUT2D eigenvalue weighted by molar-refractivity contribution is -0.186. The van der Waals surface area contributed by atoms with Crippen molar-refractivity contribution in [2.45, 2.75) is 50.7 Å². The van der Waals surface area contributed by atoms with Gasteiger partial charge >= 0.3 is 5.97 Å². The number of carboxylic acid groups (broad SMARTS) is 1. The number of ether oxygens (including phenoxy) is 2. The molecule has 0 aromatic carbocycles. The first-order valence-electron chi connectivity index (χ1n) is 6.74. The van der Waals surface area contributed by atoms with E-state index in [-0.39, 0.29) is 11.5 Å². The van der Waals surface area contributed by atoms with Crippen molar-refractivity contribution < 1.29 is 24.2 Å². The van der Waals surface area contributed by atoms with Gasteiger partial charge in [-0.25, -0.2) is 4.79 Å². The zero-order valence-corrected chi connectivity index (χ0v) is 11.4. The molecule has 7 heteroatoms. The average molecular weight is 284 g/mol. The SMILES string of the molecule is CC(=O)N[C@H]1[C@H](OC2CCCCO2)C(C(=O)O)=C[C@@H]1N. The predicted molar refractivity (Wildman–Crippen MR) is 69.8 cm³/mol. The molecule has 0 radical (unpaired) electrons. The molecule has 4 atom stereocenters. The zero-order chi connectivity index (χ0) is 14.7. The average Bonchev–Trinajstić information content (AvgIpc) is 2.68. The first kappa shape index (κ1) is 15.0. The van der Waals surface area contributed by atoms with Gasteiger partial charge in [0.05, 0.1) is 11.6 Å². The molecule has 0 saturated carbocycles. The summed E-state index contributed by atoms with van der Waals surface area (Å²) in [6.45, 7) is 1.96. The minimum atomic E-state index is -1.09. The quantitative estimate of drug-likeness (QED) is 0.657. The van der Waals surface area contributed by atoms with Gasteiger partial charge in [-0.3, -0.25) is 4.79 Å². The highest BCUT2D eigenvalue weighted by Crippen LogP contribution is 2.26. The van der Waals surface area contributed by atoms with Crippen LogP contribution in [0.2, 0.25) is 0 Å². The first-order chi connectivity index (χ1) is 9.49. The molecule has 0 aromatic rings. The number of amides is 1. The van der Waals surface area contributed by atoms with E-state index in [4.69, 9.17) is 15.2 Å². The van der Waals surface area contributed by atoms with Crippen molar-refractivity contribution in [1.82, 2.24) is 5.32 Å². The molecule has 1 heterocycles. The summed E-state index contributed by atoms with van der Waals surface area (Å²) < 4.78 is 11.2. The number of carbonyl (C=O) groups excluding carboxylic acids is 1. The van der Waals surface area contributed by atoms with Gasteiger partial charge in [0.2, 0.25) is 5.91 Å². The summed E-state index contributed by atoms with van der Waals surface area (Å²) in [4.78, 5) is 22.5. The third-order valence-corrected chi connectivity index (χ3v) is 3.47. The number of rotatable bonds is 4. The van der Waals surface area contributed by atoms with Crippen molar-refractivity contribution in [3.63, 3.8) is 0 Å². The number of nitrogens with two attached hydrogens (primary N) is 1. The second kappa shape index (κ2) is 6.34. The number of nitrogens with one attached hydrogen (secondary N) is 1. The van der Waals surface area contributed by atoms with Gasteiger partial charge in [-0.2, -0.15) is 0 Å². The van der Waals surface area contributed by atoms with Crippen LogP contribution in [-0.2, 0) is 19.1 Å². The lowest BCUT2D eigenvalue weighted by Gasteiger charge is -2.30. The number of hydrogen-bond donors (Lipinski definition) is 3. The van der Waals surface area contributed by atoms with Crippen LogP contribution in [0.25, 0.3) is 0 Å². The van der Waals surface area contributed by atoms with Crippen LogP contribution in [0.15, 0.2) is 11.6 Å². The fourth-order valence-electron chi connectivity index (χ4n) is 2.54. The minimum Gasteiger partial charge on any atom is -0.478 e. The van der Waals surface area contributed by atoms with Gasteiger partial charge < -0.3 is 25.6 Å². The van der Waals surface area contributed by atoms with Crippen molar-refractivity contribution in [2.75, 3.05) is 6.61 Å². The molecule has 0 spiro atoms. The maximum atomic E-state index is 11.3. The number of aliphatic carboxylic acids is 1. The normalized spacial score (nSPS) is 33.6. The van der Waals surface area contributed by atoms with E-state index in [1.165, 1.54) is 13.0 Å². The van der Waals surface area contributed by atoms with Crippen LogP contribution in [0.1, 0.15) is 26.2 Å². The van der Waals surface area contributed by atoms with E-state index in [1.807, 2.05) is 0 Å². The maximum absolute atomic E-state index is 11.3. The smallest absolute Gasteiger partial charge is 0.334 e. The monoisotopic (exact) mass is 284 g/mol. The molecule has 2 rings (SSSR count). The Kier molecular flexibility index (Phi) is 4.74. The second-order valence-electron chi connectivity index (χ2n) is 5.08. The fraction of sp³-hybridized carbons (Fsp3) is 0.692. The molecule has 1 fully saturated rings. The fourth-order valence-corrected chi connectivity index (χ4v) is 2.54. The molecule has 7 nitrogen and oxygen atoms in total. The van der Waals surface area contributed by atoms with E-state index in [2.05, 4.69) is 5.32 Å². The number of hydrogen-bond acceptors (Lipinski definition) is 5. The van der Waals surface area contributed by atoms with Crippen LogP contribution in [0.4, 0.5) is 0 Å². The Bertz CT molecular complexity index is 417. The van der Waals surface area contributed by atoms with E-state index in [0.29, 0.717) is 13.0 Å². The molecule has 1 unspecified atom stereocenters. The van der Waals surface area contributed by atoms with E-state index >= 15 is 0 Å². The summed E-state index contributed by atoms with van der Waals surface area (Å²) >= 11 is 0. The van der Waals surface area contributed by atoms with E-state index in [1.54, 1.807) is 0 Å². The van der Waals surface area contributed by atoms with Gasteiger partial charge in [0, 0.05) is 19.6 Å². The summed E-state index contributed by atoms with van der Waals surface area (Å²) in [5, 5.41) is 11.9. The molecule has 20 heavy (non-hydrogen) atoms. The highest BCUT2D eigenvalue weighted by atomic mass is 16.7. The Labute approximate surface area is 117 Å². The standard InChI is InChI=1S/C13H20N2O5/c1-7(16)15-11-9(14)6-8(13(17)18)12(11)20-10-4-2-3-5-19-10/h6,9-12H,2-5,14H2,1H3,(H,15,16)(H,17,18)/t9-,10?,11+,12+/m0/s1. The summed E-state index contributed by atoms with van der Waals surface area (Å²) in [5.74, 6) is -1.36. The molecule has 0 bridgehead atoms. The molecule has 4 N–H and O–H groups in total. The van der Waals surface area contributed by atoms with E-state index in [9.17, 15) is 14.7 Å². The van der Waals surface area contributed by atoms with Gasteiger partial charge in [0.1, 0.15) is 6.10 Å². The second-order valence-corrected chi connectivity index (χ2v) is 5.08. The third-order valence-electron chi connectivity index (χ3n) is 3.47. The summed E-state index contributed by atoms with van der Waals surface area (Å²) in [5.41, 5.74) is 5.95. The highest BCUT2D eigenvalue weighted by Gasteiger charge is 2.41. The van der Waals surface area contributed by atoms with Gasteiger partial charge in [-0.05, 0) is 19.3 Å². The molecule has 112 valence electrons. The Morgan fingerprint density at radius 2 is 2.25 bits per heavy atom. The Hall–Kier alpha value is -1.44. The summed E-state index contributed by atoms with van der Waals surface area (Å²) in [7, 11) is 0. The van der Waals surface area contributed by atoms with Crippen molar-refractivity contribution in [3.05, 3.63) is 11.6 Å². The minimum absolute atomic E-state index is 0.0745. The number of carbonyl (C=O) groups is 2. The van der Waals surface area contributed by atoms with Crippen LogP contribution in [0, 0.1) is 0 Å². The van der Waals surface area contributed by atoms with Crippen molar-refractivity contribution in [2.24, 2.45) is 5.73 Å². The Balaban J connectivity index is 2.11. The molecular formula is C13H20N2O5. The Morgan fingerprint density at radius 3 is 2.80 bits per heavy atom. The predicted octanol–water partition coefficient (Wildman–Crippen LogP) is -0.245. The largest absolute Gasteiger partial charge is 0.478 e. The first-order valence-corrected chi connectivity index (χ1v) is 6.74. The summed E-state index contributed by atoms with van der Waals surface area (Å²) in [6.07, 6.45) is 2.86. The van der Waals surface area contributed by atoms with Crippen LogP contribution in [0.3, 0.4) is 0 Å². The van der Waals surface area contributed by atoms with Gasteiger partial charge in [0.25, 0.3) is 0 Å². The van der Waals surface area contributed by atoms with Crippen LogP contribution < -0.4 is 11.1 Å². The van der Waals surface area contributed by atoms with Gasteiger partial charge in [-0.15, -0.1) is 0 Å². The highest BCUT2D eigenvalue weighted by molar-refractivity contribution is 5.89. The molecule has 1 aliphatic carbocycles. The van der Waals surface area contributed by atoms with E-state index < -0.39 is 30.4 Å².